The second-order valence-electron chi connectivity index (χ2n) is 8.74. The monoisotopic (exact) mass is 427 g/mol. The molecule has 2 fully saturated rings. The summed E-state index contributed by atoms with van der Waals surface area (Å²) in [5.74, 6) is 1.25. The van der Waals surface area contributed by atoms with Gasteiger partial charge in [-0.3, -0.25) is 4.79 Å². The molecule has 4 rings (SSSR count). The van der Waals surface area contributed by atoms with E-state index >= 15 is 0 Å². The maximum absolute atomic E-state index is 13.0. The van der Waals surface area contributed by atoms with Gasteiger partial charge < -0.3 is 9.64 Å². The van der Waals surface area contributed by atoms with Crippen LogP contribution in [-0.4, -0.2) is 41.1 Å². The summed E-state index contributed by atoms with van der Waals surface area (Å²) < 4.78 is 18.0. The van der Waals surface area contributed by atoms with Gasteiger partial charge >= 0.3 is 0 Å². The number of carbonyl (C=O) groups excluding carboxylic acids is 1. The van der Waals surface area contributed by atoms with Crippen LogP contribution in [0.25, 0.3) is 0 Å². The van der Waals surface area contributed by atoms with E-state index in [1.807, 2.05) is 36.4 Å². The third-order valence-electron chi connectivity index (χ3n) is 6.93. The number of likely N-dealkylation sites (tertiary alicyclic amines) is 1. The number of benzene rings is 1. The van der Waals surface area contributed by atoms with Crippen LogP contribution in [0.3, 0.4) is 0 Å². The fraction of sp³-hybridized carbons (Fsp3) is 0.560. The topological polar surface area (TPSA) is 46.6 Å². The molecule has 30 heavy (non-hydrogen) atoms. The average Bonchev–Trinajstić information content (AvgIpc) is 2.84. The van der Waals surface area contributed by atoms with Crippen LogP contribution in [-0.2, 0) is 15.6 Å². The van der Waals surface area contributed by atoms with Crippen LogP contribution in [0.2, 0.25) is 0 Å². The van der Waals surface area contributed by atoms with Crippen LogP contribution in [0.4, 0.5) is 0 Å². The molecule has 0 spiro atoms. The normalized spacial score (nSPS) is 22.8. The summed E-state index contributed by atoms with van der Waals surface area (Å²) in [5.41, 5.74) is 0.918. The Morgan fingerprint density at radius 1 is 0.967 bits per heavy atom. The first-order valence-corrected chi connectivity index (χ1v) is 12.5. The van der Waals surface area contributed by atoms with Gasteiger partial charge in [0.05, 0.1) is 17.9 Å². The minimum Gasteiger partial charge on any atom is -0.497 e. The fourth-order valence-electron chi connectivity index (χ4n) is 5.06. The average molecular weight is 428 g/mol. The van der Waals surface area contributed by atoms with Crippen molar-refractivity contribution in [1.29, 1.82) is 0 Å². The predicted octanol–water partition coefficient (Wildman–Crippen LogP) is 5.02. The minimum absolute atomic E-state index is 0.165. The second-order valence-corrected chi connectivity index (χ2v) is 10.3. The highest BCUT2D eigenvalue weighted by Crippen LogP contribution is 2.31. The lowest BCUT2D eigenvalue weighted by atomic mass is 9.84. The molecular formula is C25H33NO3S. The van der Waals surface area contributed by atoms with E-state index in [2.05, 4.69) is 4.90 Å². The van der Waals surface area contributed by atoms with Crippen molar-refractivity contribution in [2.24, 2.45) is 5.92 Å². The number of allylic oxidation sites excluding steroid dienone is 4. The van der Waals surface area contributed by atoms with Gasteiger partial charge in [0, 0.05) is 21.8 Å². The highest BCUT2D eigenvalue weighted by Gasteiger charge is 2.31. The van der Waals surface area contributed by atoms with E-state index in [0.717, 1.165) is 53.1 Å². The number of ether oxygens (including phenoxy) is 1. The summed E-state index contributed by atoms with van der Waals surface area (Å²) in [6, 6.07) is 8.12. The smallest absolute Gasteiger partial charge is 0.162 e. The second kappa shape index (κ2) is 10.1. The van der Waals surface area contributed by atoms with E-state index < -0.39 is 10.8 Å². The molecule has 1 aliphatic heterocycles. The first-order valence-electron chi connectivity index (χ1n) is 11.4. The maximum Gasteiger partial charge on any atom is 0.162 e. The van der Waals surface area contributed by atoms with Crippen LogP contribution < -0.4 is 4.74 Å². The van der Waals surface area contributed by atoms with Crippen molar-refractivity contribution in [3.8, 4) is 5.75 Å². The molecule has 0 bridgehead atoms. The summed E-state index contributed by atoms with van der Waals surface area (Å²) >= 11 is 0. The molecule has 5 heteroatoms. The van der Waals surface area contributed by atoms with E-state index in [1.54, 1.807) is 7.11 Å². The number of hydrogen-bond acceptors (Lipinski definition) is 4. The zero-order chi connectivity index (χ0) is 20.9. The van der Waals surface area contributed by atoms with Crippen LogP contribution in [0.1, 0.15) is 57.8 Å². The zero-order valence-electron chi connectivity index (χ0n) is 18.0. The van der Waals surface area contributed by atoms with E-state index in [9.17, 15) is 9.00 Å². The van der Waals surface area contributed by atoms with Gasteiger partial charge in [0.1, 0.15) is 5.75 Å². The van der Waals surface area contributed by atoms with Gasteiger partial charge in [-0.1, -0.05) is 25.3 Å². The molecule has 1 aromatic rings. The summed E-state index contributed by atoms with van der Waals surface area (Å²) in [7, 11) is 0.446. The van der Waals surface area contributed by atoms with E-state index in [1.165, 1.54) is 32.1 Å². The van der Waals surface area contributed by atoms with Crippen LogP contribution in [0.15, 0.2) is 51.8 Å². The molecule has 1 saturated carbocycles. The number of ketones is 1. The fourth-order valence-corrected chi connectivity index (χ4v) is 6.23. The van der Waals surface area contributed by atoms with Crippen LogP contribution >= 0.6 is 0 Å². The standard InChI is InChI=1S/C25H33NO3S/c1-29-22-9-13-24(14-10-22)30(28)23-11-7-19(8-12-23)25(27)20-15-17-26(18-16-20)21-5-3-2-4-6-21/h7,9-11,13-14,20-21H,2-6,8,12,15-18H2,1H3. The first kappa shape index (κ1) is 21.5. The molecular weight excluding hydrogens is 394 g/mol. The Hall–Kier alpha value is -1.72. The lowest BCUT2D eigenvalue weighted by Gasteiger charge is -2.39. The van der Waals surface area contributed by atoms with E-state index in [-0.39, 0.29) is 5.92 Å². The molecule has 0 aromatic heterocycles. The Morgan fingerprint density at radius 2 is 1.67 bits per heavy atom. The Kier molecular flexibility index (Phi) is 7.21. The number of nitrogens with zero attached hydrogens (tertiary/aromatic N) is 1. The molecule has 1 aromatic carbocycles. The van der Waals surface area contributed by atoms with Gasteiger partial charge in [-0.15, -0.1) is 0 Å². The molecule has 4 nitrogen and oxygen atoms in total. The lowest BCUT2D eigenvalue weighted by Crippen LogP contribution is -2.43. The SMILES string of the molecule is COc1ccc(S(=O)C2=CC=C(C(=O)C3CCN(C4CCCCC4)CC3)CC2)cc1. The quantitative estimate of drug-likeness (QED) is 0.639. The van der Waals surface area contributed by atoms with Crippen molar-refractivity contribution in [3.05, 3.63) is 46.9 Å². The Morgan fingerprint density at radius 3 is 2.27 bits per heavy atom. The molecule has 0 amide bonds. The number of carbonyl (C=O) groups is 1. The van der Waals surface area contributed by atoms with Gasteiger partial charge in [0.15, 0.2) is 5.78 Å². The number of Topliss-reactive ketones (excluding diaryl/α,β-unsaturated/α-hetero) is 1. The van der Waals surface area contributed by atoms with Crippen molar-refractivity contribution in [3.63, 3.8) is 0 Å². The molecule has 1 saturated heterocycles. The lowest BCUT2D eigenvalue weighted by molar-refractivity contribution is -0.121. The Labute approximate surface area is 182 Å². The third-order valence-corrected chi connectivity index (χ3v) is 8.45. The summed E-state index contributed by atoms with van der Waals surface area (Å²) in [6.07, 6.45) is 14.0. The number of hydrogen-bond donors (Lipinski definition) is 0. The molecule has 3 aliphatic rings. The van der Waals surface area contributed by atoms with Gasteiger partial charge in [0.25, 0.3) is 0 Å². The van der Waals surface area contributed by atoms with Crippen molar-refractivity contribution in [2.45, 2.75) is 68.7 Å². The molecule has 0 N–H and O–H groups in total. The molecule has 162 valence electrons. The molecule has 0 radical (unpaired) electrons. The van der Waals surface area contributed by atoms with Crippen molar-refractivity contribution < 1.29 is 13.7 Å². The van der Waals surface area contributed by atoms with Crippen LogP contribution in [0.5, 0.6) is 5.75 Å². The highest BCUT2D eigenvalue weighted by atomic mass is 32.2. The number of rotatable bonds is 6. The molecule has 1 heterocycles. The highest BCUT2D eigenvalue weighted by molar-refractivity contribution is 7.89. The van der Waals surface area contributed by atoms with Gasteiger partial charge in [-0.25, -0.2) is 4.21 Å². The zero-order valence-corrected chi connectivity index (χ0v) is 18.8. The van der Waals surface area contributed by atoms with Gasteiger partial charge in [-0.2, -0.15) is 0 Å². The molecule has 2 aliphatic carbocycles. The van der Waals surface area contributed by atoms with Crippen molar-refractivity contribution in [1.82, 2.24) is 4.90 Å². The van der Waals surface area contributed by atoms with Crippen molar-refractivity contribution in [2.75, 3.05) is 20.2 Å². The maximum atomic E-state index is 13.0. The summed E-state index contributed by atoms with van der Waals surface area (Å²) in [5, 5.41) is 0. The Bertz CT molecular complexity index is 828. The molecule has 1 unspecified atom stereocenters. The largest absolute Gasteiger partial charge is 0.497 e. The minimum atomic E-state index is -1.18. The van der Waals surface area contributed by atoms with Gasteiger partial charge in [0.2, 0.25) is 0 Å². The van der Waals surface area contributed by atoms with E-state index in [0.29, 0.717) is 18.6 Å². The van der Waals surface area contributed by atoms with Crippen LogP contribution in [0, 0.1) is 5.92 Å². The molecule has 1 atom stereocenters. The number of piperidine rings is 1. The summed E-state index contributed by atoms with van der Waals surface area (Å²) in [4.78, 5) is 17.4. The first-order chi connectivity index (χ1) is 14.7. The van der Waals surface area contributed by atoms with Crippen molar-refractivity contribution >= 4 is 16.6 Å². The summed E-state index contributed by atoms with van der Waals surface area (Å²) in [6.45, 7) is 2.13. The van der Waals surface area contributed by atoms with Gasteiger partial charge in [-0.05, 0) is 87.5 Å². The Balaban J connectivity index is 1.33. The van der Waals surface area contributed by atoms with E-state index in [4.69, 9.17) is 4.74 Å². The number of methoxy groups -OCH3 is 1. The predicted molar refractivity (Wildman–Crippen MR) is 121 cm³/mol. The third kappa shape index (κ3) is 4.94.